The van der Waals surface area contributed by atoms with Gasteiger partial charge in [-0.3, -0.25) is 4.98 Å². The highest BCUT2D eigenvalue weighted by atomic mass is 16.6. The summed E-state index contributed by atoms with van der Waals surface area (Å²) in [4.78, 5) is 9.35. The van der Waals surface area contributed by atoms with Crippen molar-refractivity contribution in [1.82, 2.24) is 4.98 Å². The van der Waals surface area contributed by atoms with Gasteiger partial charge in [-0.05, 0) is 19.1 Å². The zero-order valence-electron chi connectivity index (χ0n) is 10.1. The predicted octanol–water partition coefficient (Wildman–Crippen LogP) is 2.46. The Kier molecular flexibility index (Phi) is 5.51. The van der Waals surface area contributed by atoms with Crippen molar-refractivity contribution in [3.8, 4) is 0 Å². The molecule has 0 radical (unpaired) electrons. The van der Waals surface area contributed by atoms with E-state index in [9.17, 15) is 0 Å². The second kappa shape index (κ2) is 7.22. The molecular formula is C13H16N2O2. The van der Waals surface area contributed by atoms with Crippen LogP contribution in [-0.2, 0) is 9.57 Å². The molecule has 0 saturated carbocycles. The topological polar surface area (TPSA) is 43.7 Å². The molecule has 4 heteroatoms. The van der Waals surface area contributed by atoms with Crippen LogP contribution in [0.5, 0.6) is 0 Å². The van der Waals surface area contributed by atoms with E-state index in [-0.39, 0.29) is 0 Å². The molecule has 0 aliphatic rings. The molecule has 4 nitrogen and oxygen atoms in total. The van der Waals surface area contributed by atoms with Crippen LogP contribution in [0.15, 0.2) is 47.8 Å². The summed E-state index contributed by atoms with van der Waals surface area (Å²) in [5, 5.41) is 3.82. The molecule has 17 heavy (non-hydrogen) atoms. The van der Waals surface area contributed by atoms with Gasteiger partial charge in [0, 0.05) is 11.3 Å². The summed E-state index contributed by atoms with van der Waals surface area (Å²) in [6.07, 6.45) is 4.79. The Morgan fingerprint density at radius 1 is 1.53 bits per heavy atom. The van der Waals surface area contributed by atoms with Crippen LogP contribution in [0.3, 0.4) is 0 Å². The summed E-state index contributed by atoms with van der Waals surface area (Å²) < 4.78 is 4.85. The van der Waals surface area contributed by atoms with Crippen molar-refractivity contribution in [3.63, 3.8) is 0 Å². The molecule has 0 aliphatic carbocycles. The van der Waals surface area contributed by atoms with E-state index in [0.717, 1.165) is 17.0 Å². The number of hydrogen-bond donors (Lipinski definition) is 0. The summed E-state index contributed by atoms with van der Waals surface area (Å²) in [5.41, 5.74) is 2.53. The lowest BCUT2D eigenvalue weighted by atomic mass is 10.3. The van der Waals surface area contributed by atoms with Crippen molar-refractivity contribution in [3.05, 3.63) is 54.1 Å². The van der Waals surface area contributed by atoms with Crippen LogP contribution < -0.4 is 0 Å². The van der Waals surface area contributed by atoms with Gasteiger partial charge >= 0.3 is 0 Å². The first-order valence-electron chi connectivity index (χ1n) is 5.19. The number of pyridine rings is 1. The van der Waals surface area contributed by atoms with Gasteiger partial charge in [0.1, 0.15) is 6.61 Å². The number of nitrogens with zero attached hydrogens (tertiary/aromatic N) is 2. The van der Waals surface area contributed by atoms with E-state index in [1.54, 1.807) is 25.7 Å². The van der Waals surface area contributed by atoms with Gasteiger partial charge in [0.15, 0.2) is 0 Å². The Morgan fingerprint density at radius 2 is 2.35 bits per heavy atom. The molecule has 0 aromatic carbocycles. The highest BCUT2D eigenvalue weighted by Crippen LogP contribution is 1.98. The van der Waals surface area contributed by atoms with Crippen LogP contribution in [0.2, 0.25) is 0 Å². The summed E-state index contributed by atoms with van der Waals surface area (Å²) in [6.45, 7) is 5.88. The second-order valence-corrected chi connectivity index (χ2v) is 3.34. The fourth-order valence-electron chi connectivity index (χ4n) is 1.13. The summed E-state index contributed by atoms with van der Waals surface area (Å²) in [7, 11) is 1.57. The van der Waals surface area contributed by atoms with E-state index in [1.165, 1.54) is 0 Å². The van der Waals surface area contributed by atoms with Crippen LogP contribution in [0.25, 0.3) is 0 Å². The van der Waals surface area contributed by atoms with E-state index in [4.69, 9.17) is 9.57 Å². The van der Waals surface area contributed by atoms with Crippen LogP contribution in [0.4, 0.5) is 0 Å². The Morgan fingerprint density at radius 3 is 3.00 bits per heavy atom. The molecule has 1 rings (SSSR count). The molecule has 1 aromatic heterocycles. The summed E-state index contributed by atoms with van der Waals surface area (Å²) in [5.74, 6) is 0. The summed E-state index contributed by atoms with van der Waals surface area (Å²) in [6, 6.07) is 5.71. The Hall–Kier alpha value is -2.10. The average molecular weight is 232 g/mol. The molecule has 1 heterocycles. The number of rotatable bonds is 6. The minimum atomic E-state index is 0.319. The van der Waals surface area contributed by atoms with E-state index >= 15 is 0 Å². The van der Waals surface area contributed by atoms with Gasteiger partial charge in [-0.15, -0.1) is 0 Å². The molecule has 0 atom stereocenters. The number of aromatic nitrogens is 1. The molecule has 1 aromatic rings. The lowest BCUT2D eigenvalue weighted by Gasteiger charge is -2.00. The van der Waals surface area contributed by atoms with E-state index < -0.39 is 0 Å². The average Bonchev–Trinajstić information content (AvgIpc) is 2.33. The van der Waals surface area contributed by atoms with Crippen LogP contribution >= 0.6 is 0 Å². The zero-order valence-corrected chi connectivity index (χ0v) is 10.1. The van der Waals surface area contributed by atoms with Crippen molar-refractivity contribution < 1.29 is 9.57 Å². The van der Waals surface area contributed by atoms with E-state index in [0.29, 0.717) is 6.61 Å². The fourth-order valence-corrected chi connectivity index (χ4v) is 1.13. The van der Waals surface area contributed by atoms with Crippen LogP contribution in [0.1, 0.15) is 11.4 Å². The summed E-state index contributed by atoms with van der Waals surface area (Å²) >= 11 is 0. The smallest absolute Gasteiger partial charge is 0.145 e. The highest BCUT2D eigenvalue weighted by molar-refractivity contribution is 5.76. The molecule has 0 unspecified atom stereocenters. The van der Waals surface area contributed by atoms with Gasteiger partial charge in [0.05, 0.1) is 25.3 Å². The van der Waals surface area contributed by atoms with Crippen LogP contribution in [-0.4, -0.2) is 24.9 Å². The molecule has 0 amide bonds. The molecule has 90 valence electrons. The van der Waals surface area contributed by atoms with Crippen molar-refractivity contribution in [2.24, 2.45) is 5.16 Å². The number of ether oxygens (including phenoxy) is 1. The molecule has 0 aliphatic heterocycles. The van der Waals surface area contributed by atoms with Gasteiger partial charge in [-0.1, -0.05) is 23.9 Å². The maximum atomic E-state index is 5.09. The SMILES string of the molecule is C=C/C(=C\OC)CO/N=C/c1cccc(C)n1. The van der Waals surface area contributed by atoms with Gasteiger partial charge in [-0.2, -0.15) is 0 Å². The lowest BCUT2D eigenvalue weighted by Crippen LogP contribution is -1.94. The lowest BCUT2D eigenvalue weighted by molar-refractivity contribution is 0.168. The maximum Gasteiger partial charge on any atom is 0.145 e. The van der Waals surface area contributed by atoms with Gasteiger partial charge in [-0.25, -0.2) is 0 Å². The van der Waals surface area contributed by atoms with Gasteiger partial charge < -0.3 is 9.57 Å². The minimum Gasteiger partial charge on any atom is -0.504 e. The first-order chi connectivity index (χ1) is 8.26. The molecule has 0 N–H and O–H groups in total. The Labute approximate surface area is 101 Å². The predicted molar refractivity (Wildman–Crippen MR) is 67.8 cm³/mol. The third-order valence-corrected chi connectivity index (χ3v) is 1.93. The fraction of sp³-hybridized carbons (Fsp3) is 0.231. The van der Waals surface area contributed by atoms with Gasteiger partial charge in [0.25, 0.3) is 0 Å². The third kappa shape index (κ3) is 4.97. The van der Waals surface area contributed by atoms with E-state index in [2.05, 4.69) is 16.7 Å². The van der Waals surface area contributed by atoms with Crippen molar-refractivity contribution in [1.29, 1.82) is 0 Å². The van der Waals surface area contributed by atoms with Crippen molar-refractivity contribution in [2.45, 2.75) is 6.92 Å². The monoisotopic (exact) mass is 232 g/mol. The number of methoxy groups -OCH3 is 1. The van der Waals surface area contributed by atoms with E-state index in [1.807, 2.05) is 25.1 Å². The van der Waals surface area contributed by atoms with Gasteiger partial charge in [0.2, 0.25) is 0 Å². The van der Waals surface area contributed by atoms with Crippen LogP contribution in [0, 0.1) is 6.92 Å². The van der Waals surface area contributed by atoms with Crippen molar-refractivity contribution >= 4 is 6.21 Å². The normalized spacial score (nSPS) is 11.5. The Balaban J connectivity index is 2.45. The molecule has 0 saturated heterocycles. The number of aryl methyl sites for hydroxylation is 1. The molecular weight excluding hydrogens is 216 g/mol. The number of oxime groups is 1. The Bertz CT molecular complexity index is 425. The number of hydrogen-bond acceptors (Lipinski definition) is 4. The zero-order chi connectivity index (χ0) is 12.5. The largest absolute Gasteiger partial charge is 0.504 e. The first kappa shape index (κ1) is 13.0. The molecule has 0 spiro atoms. The first-order valence-corrected chi connectivity index (χ1v) is 5.19. The maximum absolute atomic E-state index is 5.09. The quantitative estimate of drug-likeness (QED) is 0.327. The molecule has 0 fully saturated rings. The van der Waals surface area contributed by atoms with Crippen molar-refractivity contribution in [2.75, 3.05) is 13.7 Å². The third-order valence-electron chi connectivity index (χ3n) is 1.93. The minimum absolute atomic E-state index is 0.319. The highest BCUT2D eigenvalue weighted by Gasteiger charge is 1.92. The standard InChI is InChI=1S/C13H16N2O2/c1-4-12(9-16-3)10-17-14-8-13-7-5-6-11(2)15-13/h4-9H,1,10H2,2-3H3/b12-9+,14-8+. The second-order valence-electron chi connectivity index (χ2n) is 3.34. The molecule has 0 bridgehead atoms.